The third kappa shape index (κ3) is 5.64. The minimum absolute atomic E-state index is 0.450. The van der Waals surface area contributed by atoms with Crippen molar-refractivity contribution >= 4 is 15.9 Å². The van der Waals surface area contributed by atoms with Crippen molar-refractivity contribution in [3.05, 3.63) is 28.5 Å². The maximum absolute atomic E-state index is 4.25. The summed E-state index contributed by atoms with van der Waals surface area (Å²) in [6.45, 7) is 5.52. The highest BCUT2D eigenvalue weighted by Crippen LogP contribution is 2.21. The van der Waals surface area contributed by atoms with E-state index in [-0.39, 0.29) is 0 Å². The lowest BCUT2D eigenvalue weighted by atomic mass is 10.0. The van der Waals surface area contributed by atoms with Crippen LogP contribution in [0.3, 0.4) is 0 Å². The molecule has 3 heteroatoms. The SMILES string of the molecule is CCCCCC(NCCC)c1cncc(Br)c1. The summed E-state index contributed by atoms with van der Waals surface area (Å²) in [5, 5.41) is 3.61. The largest absolute Gasteiger partial charge is 0.310 e. The van der Waals surface area contributed by atoms with E-state index in [1.807, 2.05) is 12.4 Å². The fourth-order valence-corrected chi connectivity index (χ4v) is 2.31. The molecule has 0 fully saturated rings. The Morgan fingerprint density at radius 1 is 1.24 bits per heavy atom. The first-order chi connectivity index (χ1) is 8.27. The van der Waals surface area contributed by atoms with E-state index >= 15 is 0 Å². The first-order valence-corrected chi connectivity index (χ1v) is 7.41. The van der Waals surface area contributed by atoms with Crippen molar-refractivity contribution in [2.75, 3.05) is 6.54 Å². The minimum Gasteiger partial charge on any atom is -0.310 e. The van der Waals surface area contributed by atoms with Crippen LogP contribution >= 0.6 is 15.9 Å². The molecule has 1 N–H and O–H groups in total. The van der Waals surface area contributed by atoms with E-state index in [4.69, 9.17) is 0 Å². The van der Waals surface area contributed by atoms with E-state index < -0.39 is 0 Å². The zero-order chi connectivity index (χ0) is 12.5. The zero-order valence-corrected chi connectivity index (χ0v) is 12.5. The summed E-state index contributed by atoms with van der Waals surface area (Å²) in [6, 6.07) is 2.62. The molecule has 1 aromatic rings. The molecule has 1 atom stereocenters. The van der Waals surface area contributed by atoms with Gasteiger partial charge in [0.05, 0.1) is 0 Å². The van der Waals surface area contributed by atoms with Crippen LogP contribution in [0, 0.1) is 0 Å². The van der Waals surface area contributed by atoms with Crippen LogP contribution in [0.2, 0.25) is 0 Å². The quantitative estimate of drug-likeness (QED) is 0.717. The monoisotopic (exact) mass is 298 g/mol. The summed E-state index contributed by atoms with van der Waals surface area (Å²) >= 11 is 3.49. The Balaban J connectivity index is 2.60. The van der Waals surface area contributed by atoms with Crippen LogP contribution in [-0.2, 0) is 0 Å². The van der Waals surface area contributed by atoms with Gasteiger partial charge >= 0.3 is 0 Å². The molecule has 1 aromatic heterocycles. The van der Waals surface area contributed by atoms with E-state index in [9.17, 15) is 0 Å². The molecular weight excluding hydrogens is 276 g/mol. The van der Waals surface area contributed by atoms with Crippen LogP contribution in [-0.4, -0.2) is 11.5 Å². The van der Waals surface area contributed by atoms with Gasteiger partial charge in [-0.15, -0.1) is 0 Å². The number of nitrogens with one attached hydrogen (secondary N) is 1. The predicted molar refractivity (Wildman–Crippen MR) is 77.1 cm³/mol. The van der Waals surface area contributed by atoms with Crippen LogP contribution in [0.4, 0.5) is 0 Å². The number of halogens is 1. The van der Waals surface area contributed by atoms with E-state index in [1.165, 1.54) is 37.7 Å². The summed E-state index contributed by atoms with van der Waals surface area (Å²) in [7, 11) is 0. The Hall–Kier alpha value is -0.410. The van der Waals surface area contributed by atoms with Crippen molar-refractivity contribution in [2.45, 2.75) is 52.0 Å². The summed E-state index contributed by atoms with van der Waals surface area (Å²) in [5.41, 5.74) is 1.30. The van der Waals surface area contributed by atoms with Gasteiger partial charge in [-0.25, -0.2) is 0 Å². The van der Waals surface area contributed by atoms with Crippen LogP contribution in [0.25, 0.3) is 0 Å². The molecule has 0 aliphatic rings. The molecule has 0 amide bonds. The summed E-state index contributed by atoms with van der Waals surface area (Å²) in [5.74, 6) is 0. The summed E-state index contributed by atoms with van der Waals surface area (Å²) in [6.07, 6.45) is 10.1. The molecule has 1 unspecified atom stereocenters. The summed E-state index contributed by atoms with van der Waals surface area (Å²) < 4.78 is 1.06. The summed E-state index contributed by atoms with van der Waals surface area (Å²) in [4.78, 5) is 4.25. The van der Waals surface area contributed by atoms with E-state index in [0.29, 0.717) is 6.04 Å². The number of nitrogens with zero attached hydrogens (tertiary/aromatic N) is 1. The van der Waals surface area contributed by atoms with Gasteiger partial charge in [0.25, 0.3) is 0 Å². The van der Waals surface area contributed by atoms with Gasteiger partial charge in [0.2, 0.25) is 0 Å². The van der Waals surface area contributed by atoms with Gasteiger partial charge in [0, 0.05) is 22.9 Å². The number of hydrogen-bond donors (Lipinski definition) is 1. The Bertz CT molecular complexity index is 315. The number of pyridine rings is 1. The van der Waals surface area contributed by atoms with Crippen molar-refractivity contribution in [1.29, 1.82) is 0 Å². The number of rotatable bonds is 8. The first kappa shape index (κ1) is 14.7. The highest BCUT2D eigenvalue weighted by Gasteiger charge is 2.10. The molecule has 1 rings (SSSR count). The van der Waals surface area contributed by atoms with Crippen LogP contribution in [0.5, 0.6) is 0 Å². The molecule has 17 heavy (non-hydrogen) atoms. The second-order valence-electron chi connectivity index (χ2n) is 4.44. The molecule has 0 radical (unpaired) electrons. The van der Waals surface area contributed by atoms with Gasteiger partial charge in [-0.3, -0.25) is 4.98 Å². The van der Waals surface area contributed by atoms with E-state index in [1.54, 1.807) is 0 Å². The van der Waals surface area contributed by atoms with Gasteiger partial charge in [0.15, 0.2) is 0 Å². The standard InChI is InChI=1S/C14H23BrN2/c1-3-5-6-7-14(17-8-4-2)12-9-13(15)11-16-10-12/h9-11,14,17H,3-8H2,1-2H3. The lowest BCUT2D eigenvalue weighted by Gasteiger charge is -2.18. The van der Waals surface area contributed by atoms with Crippen molar-refractivity contribution < 1.29 is 0 Å². The molecule has 0 saturated heterocycles. The highest BCUT2D eigenvalue weighted by atomic mass is 79.9. The third-order valence-corrected chi connectivity index (χ3v) is 3.30. The molecule has 0 aliphatic heterocycles. The van der Waals surface area contributed by atoms with Gasteiger partial charge in [-0.2, -0.15) is 0 Å². The van der Waals surface area contributed by atoms with Crippen molar-refractivity contribution in [3.63, 3.8) is 0 Å². The van der Waals surface area contributed by atoms with Crippen LogP contribution < -0.4 is 5.32 Å². The van der Waals surface area contributed by atoms with E-state index in [0.717, 1.165) is 11.0 Å². The average molecular weight is 299 g/mol. The normalized spacial score (nSPS) is 12.6. The Morgan fingerprint density at radius 3 is 2.71 bits per heavy atom. The molecule has 1 heterocycles. The fraction of sp³-hybridized carbons (Fsp3) is 0.643. The maximum Gasteiger partial charge on any atom is 0.0410 e. The Labute approximate surface area is 113 Å². The van der Waals surface area contributed by atoms with E-state index in [2.05, 4.69) is 46.1 Å². The molecule has 0 saturated carbocycles. The molecule has 0 aromatic carbocycles. The third-order valence-electron chi connectivity index (χ3n) is 2.87. The Kier molecular flexibility index (Phi) is 7.45. The second-order valence-corrected chi connectivity index (χ2v) is 5.35. The van der Waals surface area contributed by atoms with Crippen LogP contribution in [0.15, 0.2) is 22.9 Å². The van der Waals surface area contributed by atoms with Crippen LogP contribution in [0.1, 0.15) is 57.6 Å². The minimum atomic E-state index is 0.450. The fourth-order valence-electron chi connectivity index (χ4n) is 1.92. The van der Waals surface area contributed by atoms with Crippen molar-refractivity contribution in [2.24, 2.45) is 0 Å². The Morgan fingerprint density at radius 2 is 2.06 bits per heavy atom. The molecular formula is C14H23BrN2. The van der Waals surface area contributed by atoms with Crippen molar-refractivity contribution in [1.82, 2.24) is 10.3 Å². The molecule has 0 aliphatic carbocycles. The number of aromatic nitrogens is 1. The van der Waals surface area contributed by atoms with Gasteiger partial charge in [-0.1, -0.05) is 33.1 Å². The predicted octanol–water partition coefficient (Wildman–Crippen LogP) is 4.47. The van der Waals surface area contributed by atoms with Gasteiger partial charge in [-0.05, 0) is 46.9 Å². The lowest BCUT2D eigenvalue weighted by molar-refractivity contribution is 0.473. The smallest absolute Gasteiger partial charge is 0.0410 e. The molecule has 96 valence electrons. The highest BCUT2D eigenvalue weighted by molar-refractivity contribution is 9.10. The number of hydrogen-bond acceptors (Lipinski definition) is 2. The maximum atomic E-state index is 4.25. The second kappa shape index (κ2) is 8.65. The molecule has 2 nitrogen and oxygen atoms in total. The first-order valence-electron chi connectivity index (χ1n) is 6.61. The van der Waals surface area contributed by atoms with Gasteiger partial charge in [0.1, 0.15) is 0 Å². The lowest BCUT2D eigenvalue weighted by Crippen LogP contribution is -2.22. The molecule has 0 spiro atoms. The zero-order valence-electron chi connectivity index (χ0n) is 10.9. The molecule has 0 bridgehead atoms. The van der Waals surface area contributed by atoms with Crippen molar-refractivity contribution in [3.8, 4) is 0 Å². The van der Waals surface area contributed by atoms with Gasteiger partial charge < -0.3 is 5.32 Å². The average Bonchev–Trinajstić information content (AvgIpc) is 2.33. The topological polar surface area (TPSA) is 24.9 Å². The number of unbranched alkanes of at least 4 members (excludes halogenated alkanes) is 2.